The molecule has 2 atom stereocenters. The Hall–Kier alpha value is -0.0631. The average Bonchev–Trinajstić information content (AvgIpc) is 2.33. The smallest absolute Gasteiger partial charge is 0.192 e. The van der Waals surface area contributed by atoms with Gasteiger partial charge in [-0.15, -0.1) is 0 Å². The Morgan fingerprint density at radius 3 is 1.91 bits per heavy atom. The summed E-state index contributed by atoms with van der Waals surface area (Å²) >= 11 is 12.5. The highest BCUT2D eigenvalue weighted by Crippen LogP contribution is 2.41. The summed E-state index contributed by atoms with van der Waals surface area (Å²) in [5.41, 5.74) is 0.559. The minimum Gasteiger partial charge on any atom is -0.411 e. The molecule has 22 heavy (non-hydrogen) atoms. The number of rotatable bonds is 5. The van der Waals surface area contributed by atoms with Crippen molar-refractivity contribution in [3.05, 3.63) is 33.8 Å². The fourth-order valence-corrected chi connectivity index (χ4v) is 4.10. The predicted octanol–water partition coefficient (Wildman–Crippen LogP) is 6.07. The lowest BCUT2D eigenvalue weighted by atomic mass is 9.96. The predicted molar refractivity (Wildman–Crippen MR) is 98.3 cm³/mol. The number of aliphatic hydroxyl groups is 1. The van der Waals surface area contributed by atoms with Gasteiger partial charge >= 0.3 is 0 Å². The summed E-state index contributed by atoms with van der Waals surface area (Å²) in [5, 5.41) is 11.9. The molecule has 1 aromatic rings. The van der Waals surface area contributed by atoms with Crippen molar-refractivity contribution in [2.45, 2.75) is 65.0 Å². The Morgan fingerprint density at radius 1 is 1.09 bits per heavy atom. The first-order chi connectivity index (χ1) is 9.88. The number of hydrogen-bond acceptors (Lipinski definition) is 2. The highest BCUT2D eigenvalue weighted by molar-refractivity contribution is 6.74. The van der Waals surface area contributed by atoms with Gasteiger partial charge in [0.2, 0.25) is 0 Å². The molecule has 0 aliphatic heterocycles. The van der Waals surface area contributed by atoms with Gasteiger partial charge in [-0.05, 0) is 36.2 Å². The van der Waals surface area contributed by atoms with E-state index in [-0.39, 0.29) is 17.1 Å². The number of hydrogen-bond donors (Lipinski definition) is 1. The summed E-state index contributed by atoms with van der Waals surface area (Å²) in [6, 6.07) is 5.27. The molecule has 0 bridgehead atoms. The molecule has 1 rings (SSSR count). The molecule has 126 valence electrons. The third kappa shape index (κ3) is 4.48. The molecular weight excluding hydrogens is 335 g/mol. The van der Waals surface area contributed by atoms with E-state index in [2.05, 4.69) is 33.9 Å². The monoisotopic (exact) mass is 362 g/mol. The molecule has 0 aliphatic carbocycles. The van der Waals surface area contributed by atoms with Crippen LogP contribution in [0.1, 0.15) is 46.3 Å². The normalized spacial score (nSPS) is 16.0. The van der Waals surface area contributed by atoms with E-state index in [9.17, 15) is 5.11 Å². The van der Waals surface area contributed by atoms with Crippen molar-refractivity contribution in [1.29, 1.82) is 0 Å². The first-order valence-corrected chi connectivity index (χ1v) is 11.3. The van der Waals surface area contributed by atoms with E-state index < -0.39 is 14.4 Å². The van der Waals surface area contributed by atoms with E-state index in [1.165, 1.54) is 0 Å². The Balaban J connectivity index is 3.17. The summed E-state index contributed by atoms with van der Waals surface area (Å²) in [6.07, 6.45) is -1.17. The zero-order valence-electron chi connectivity index (χ0n) is 14.6. The Morgan fingerprint density at radius 2 is 1.55 bits per heavy atom. The molecule has 0 saturated carbocycles. The van der Waals surface area contributed by atoms with Crippen LogP contribution in [0.25, 0.3) is 0 Å². The van der Waals surface area contributed by atoms with Crippen LogP contribution >= 0.6 is 23.2 Å². The summed E-state index contributed by atoms with van der Waals surface area (Å²) in [5.74, 6) is 0.150. The topological polar surface area (TPSA) is 29.5 Å². The Kier molecular flexibility index (Phi) is 6.56. The molecule has 0 fully saturated rings. The third-order valence-electron chi connectivity index (χ3n) is 4.50. The molecule has 0 radical (unpaired) electrons. The van der Waals surface area contributed by atoms with Crippen molar-refractivity contribution >= 4 is 31.5 Å². The van der Waals surface area contributed by atoms with Gasteiger partial charge in [0.15, 0.2) is 8.32 Å². The maximum Gasteiger partial charge on any atom is 0.192 e. The van der Waals surface area contributed by atoms with Crippen molar-refractivity contribution in [2.75, 3.05) is 0 Å². The minimum atomic E-state index is -2.01. The van der Waals surface area contributed by atoms with Gasteiger partial charge in [-0.2, -0.15) is 0 Å². The molecule has 0 heterocycles. The average molecular weight is 363 g/mol. The lowest BCUT2D eigenvalue weighted by molar-refractivity contribution is -0.000749. The van der Waals surface area contributed by atoms with Gasteiger partial charge in [-0.3, -0.25) is 0 Å². The SMILES string of the molecule is CC(C)[C@H](O[Si](C)(C)C(C)(C)C)[C@@H](O)c1c(Cl)cccc1Cl. The first kappa shape index (κ1) is 20.0. The zero-order chi connectivity index (χ0) is 17.3. The van der Waals surface area contributed by atoms with Crippen molar-refractivity contribution in [2.24, 2.45) is 5.92 Å². The van der Waals surface area contributed by atoms with Crippen LogP contribution in [0.5, 0.6) is 0 Å². The number of halogens is 2. The zero-order valence-corrected chi connectivity index (χ0v) is 17.1. The Bertz CT molecular complexity index is 490. The molecule has 0 spiro atoms. The van der Waals surface area contributed by atoms with E-state index in [0.717, 1.165) is 0 Å². The van der Waals surface area contributed by atoms with E-state index in [1.54, 1.807) is 18.2 Å². The van der Waals surface area contributed by atoms with Crippen LogP contribution in [0.15, 0.2) is 18.2 Å². The standard InChI is InChI=1S/C17H28Cl2O2Si/c1-11(2)16(21-22(6,7)17(3,4)5)15(20)14-12(18)9-8-10-13(14)19/h8-11,15-16,20H,1-7H3/t15-,16-/m0/s1. The van der Waals surface area contributed by atoms with Gasteiger partial charge in [-0.1, -0.05) is 63.9 Å². The number of aliphatic hydroxyl groups excluding tert-OH is 1. The van der Waals surface area contributed by atoms with Crippen molar-refractivity contribution in [1.82, 2.24) is 0 Å². The van der Waals surface area contributed by atoms with Crippen LogP contribution in [-0.2, 0) is 4.43 Å². The molecule has 0 aliphatic rings. The molecular formula is C17H28Cl2O2Si. The van der Waals surface area contributed by atoms with E-state index in [1.807, 2.05) is 13.8 Å². The van der Waals surface area contributed by atoms with Gasteiger partial charge in [-0.25, -0.2) is 0 Å². The van der Waals surface area contributed by atoms with Gasteiger partial charge in [0.25, 0.3) is 0 Å². The lowest BCUT2D eigenvalue weighted by Gasteiger charge is -2.42. The molecule has 5 heteroatoms. The second kappa shape index (κ2) is 7.23. The summed E-state index contributed by atoms with van der Waals surface area (Å²) in [7, 11) is -2.01. The van der Waals surface area contributed by atoms with Crippen molar-refractivity contribution < 1.29 is 9.53 Å². The fourth-order valence-electron chi connectivity index (χ4n) is 2.04. The minimum absolute atomic E-state index is 0.0735. The molecule has 1 N–H and O–H groups in total. The summed E-state index contributed by atoms with van der Waals surface area (Å²) < 4.78 is 6.46. The van der Waals surface area contributed by atoms with E-state index in [0.29, 0.717) is 15.6 Å². The van der Waals surface area contributed by atoms with Gasteiger partial charge in [0.05, 0.1) is 6.10 Å². The van der Waals surface area contributed by atoms with E-state index in [4.69, 9.17) is 27.6 Å². The van der Waals surface area contributed by atoms with Crippen LogP contribution in [0.4, 0.5) is 0 Å². The molecule has 1 aromatic carbocycles. The van der Waals surface area contributed by atoms with Crippen LogP contribution in [-0.4, -0.2) is 19.5 Å². The van der Waals surface area contributed by atoms with Crippen LogP contribution in [0.3, 0.4) is 0 Å². The molecule has 0 unspecified atom stereocenters. The quantitative estimate of drug-likeness (QED) is 0.643. The highest BCUT2D eigenvalue weighted by Gasteiger charge is 2.42. The van der Waals surface area contributed by atoms with Crippen molar-refractivity contribution in [3.8, 4) is 0 Å². The van der Waals surface area contributed by atoms with Crippen LogP contribution in [0, 0.1) is 5.92 Å². The highest BCUT2D eigenvalue weighted by atomic mass is 35.5. The van der Waals surface area contributed by atoms with Crippen molar-refractivity contribution in [3.63, 3.8) is 0 Å². The molecule has 0 amide bonds. The van der Waals surface area contributed by atoms with E-state index >= 15 is 0 Å². The third-order valence-corrected chi connectivity index (χ3v) is 9.63. The second-order valence-corrected chi connectivity index (χ2v) is 13.2. The second-order valence-electron chi connectivity index (χ2n) is 7.67. The Labute approximate surface area is 145 Å². The van der Waals surface area contributed by atoms with Gasteiger partial charge < -0.3 is 9.53 Å². The van der Waals surface area contributed by atoms with Crippen LogP contribution in [0.2, 0.25) is 28.2 Å². The molecule has 0 saturated heterocycles. The summed E-state index contributed by atoms with van der Waals surface area (Å²) in [4.78, 5) is 0. The maximum atomic E-state index is 10.9. The van der Waals surface area contributed by atoms with Gasteiger partial charge in [0.1, 0.15) is 6.10 Å². The first-order valence-electron chi connectivity index (χ1n) is 7.68. The fraction of sp³-hybridized carbons (Fsp3) is 0.647. The molecule has 0 aromatic heterocycles. The van der Waals surface area contributed by atoms with Crippen LogP contribution < -0.4 is 0 Å². The van der Waals surface area contributed by atoms with Gasteiger partial charge in [0, 0.05) is 15.6 Å². The lowest BCUT2D eigenvalue weighted by Crippen LogP contribution is -2.47. The molecule has 2 nitrogen and oxygen atoms in total. The number of benzene rings is 1. The maximum absolute atomic E-state index is 10.9. The summed E-state index contributed by atoms with van der Waals surface area (Å²) in [6.45, 7) is 15.0. The largest absolute Gasteiger partial charge is 0.411 e.